The van der Waals surface area contributed by atoms with Crippen LogP contribution >= 0.6 is 0 Å². The first-order valence-corrected chi connectivity index (χ1v) is 0. The second kappa shape index (κ2) is 16.6. The van der Waals surface area contributed by atoms with Gasteiger partial charge in [-0.3, -0.25) is 0 Å². The monoisotopic (exact) mass is 499 g/mol. The molecule has 0 amide bonds. The van der Waals surface area contributed by atoms with Crippen molar-refractivity contribution in [1.82, 2.24) is 0 Å². The molecule has 1 N–H and O–H groups in total. The van der Waals surface area contributed by atoms with E-state index in [0.717, 1.165) is 0 Å². The minimum Gasteiger partial charge on any atom is 0 e. The fraction of sp³-hybridized carbons (Fsp3) is 0. The van der Waals surface area contributed by atoms with Gasteiger partial charge in [0.15, 0.2) is 0 Å². The molecule has 4 heteroatoms. The Morgan fingerprint density at radius 1 is 1.00 bits per heavy atom. The summed E-state index contributed by atoms with van der Waals surface area (Å²) in [6, 6.07) is 0. The third kappa shape index (κ3) is 8.91. The van der Waals surface area contributed by atoms with Crippen molar-refractivity contribution in [1.29, 1.82) is 0 Å². The fourth-order valence-corrected chi connectivity index (χ4v) is 0. The Hall–Kier alpha value is 3.06. The van der Waals surface area contributed by atoms with Crippen LogP contribution in [0.3, 0.4) is 0 Å². The molecule has 0 aliphatic heterocycles. The van der Waals surface area contributed by atoms with Crippen molar-refractivity contribution < 1.29 is 27.9 Å². The van der Waals surface area contributed by atoms with Crippen LogP contribution in [-0.4, -0.2) is 77.2 Å². The Bertz CT molecular complexity index is 8.00. The molecule has 0 aromatic heterocycles. The number of hydrogen-bond donors (Lipinski definition) is 0. The van der Waals surface area contributed by atoms with E-state index in [9.17, 15) is 0 Å². The summed E-state index contributed by atoms with van der Waals surface area (Å²) in [4.78, 5) is 0. The van der Waals surface area contributed by atoms with Crippen molar-refractivity contribution in [2.45, 2.75) is 0 Å². The SMILES string of the molecule is [BiH3].[OH-].[SrH+].[Ta]. The third-order valence-electron chi connectivity index (χ3n) is 0. The van der Waals surface area contributed by atoms with E-state index in [1.54, 1.807) is 0 Å². The van der Waals surface area contributed by atoms with Crippen LogP contribution in [0.1, 0.15) is 0 Å². The summed E-state index contributed by atoms with van der Waals surface area (Å²) >= 11 is 0. The minimum absolute atomic E-state index is 0. The van der Waals surface area contributed by atoms with E-state index in [2.05, 4.69) is 0 Å². The predicted molar refractivity (Wildman–Crippen MR) is 19.0 cm³/mol. The molecule has 0 spiro atoms. The van der Waals surface area contributed by atoms with E-state index < -0.39 is 0 Å². The molecule has 0 atom stereocenters. The van der Waals surface area contributed by atoms with Crippen LogP contribution < -0.4 is 0 Å². The summed E-state index contributed by atoms with van der Waals surface area (Å²) in [5.74, 6) is 0. The Kier molecular flexibility index (Phi) is 115. The molecular formula is H5BiOSrTa. The van der Waals surface area contributed by atoms with E-state index in [1.165, 1.54) is 0 Å². The second-order valence-electron chi connectivity index (χ2n) is 0. The van der Waals surface area contributed by atoms with Gasteiger partial charge in [0.25, 0.3) is 0 Å². The van der Waals surface area contributed by atoms with Crippen LogP contribution in [0.2, 0.25) is 0 Å². The molecule has 0 bridgehead atoms. The third-order valence-corrected chi connectivity index (χ3v) is 0. The standard InChI is InChI=1S/Bi.H2O.Sr.Ta.4H/h;1H2;;;;;;/q;;+1;;;;;/p-1. The van der Waals surface area contributed by atoms with Crippen molar-refractivity contribution in [3.8, 4) is 0 Å². The summed E-state index contributed by atoms with van der Waals surface area (Å²) in [6.07, 6.45) is 0. The Morgan fingerprint density at radius 2 is 1.00 bits per heavy atom. The Balaban J connectivity index is 0. The van der Waals surface area contributed by atoms with Crippen LogP contribution in [0, 0.1) is 0 Å². The molecule has 0 fully saturated rings. The van der Waals surface area contributed by atoms with E-state index >= 15 is 0 Å². The first kappa shape index (κ1) is 27.7. The molecule has 0 aliphatic carbocycles. The molecule has 1 nitrogen and oxygen atoms in total. The Labute approximate surface area is 97.1 Å². The Morgan fingerprint density at radius 3 is 1.00 bits per heavy atom. The predicted octanol–water partition coefficient (Wildman–Crippen LogP) is -2.01. The van der Waals surface area contributed by atoms with Crippen molar-refractivity contribution in [3.63, 3.8) is 0 Å². The van der Waals surface area contributed by atoms with Gasteiger partial charge in [-0.2, -0.15) is 0 Å². The second-order valence-corrected chi connectivity index (χ2v) is 0. The summed E-state index contributed by atoms with van der Waals surface area (Å²) < 4.78 is 0. The quantitative estimate of drug-likeness (QED) is 0.355. The maximum atomic E-state index is 0. The van der Waals surface area contributed by atoms with Gasteiger partial charge in [0.2, 0.25) is 0 Å². The topological polar surface area (TPSA) is 30.0 Å². The number of hydrogen-bond acceptors (Lipinski definition) is 1. The summed E-state index contributed by atoms with van der Waals surface area (Å²) in [6.45, 7) is 0. The van der Waals surface area contributed by atoms with Crippen LogP contribution in [0.4, 0.5) is 0 Å². The average Bonchev–Trinajstić information content (AvgIpc) is 0. The van der Waals surface area contributed by atoms with Gasteiger partial charge in [0.05, 0.1) is 0 Å². The van der Waals surface area contributed by atoms with E-state index in [4.69, 9.17) is 0 Å². The molecule has 0 saturated heterocycles. The van der Waals surface area contributed by atoms with Crippen molar-refractivity contribution in [2.24, 2.45) is 0 Å². The zero-order chi connectivity index (χ0) is 0. The molecule has 0 saturated carbocycles. The zero-order valence-electron chi connectivity index (χ0n) is 2.60. The van der Waals surface area contributed by atoms with Gasteiger partial charge >= 0.3 is 71.7 Å². The van der Waals surface area contributed by atoms with Crippen molar-refractivity contribution in [3.05, 3.63) is 0 Å². The van der Waals surface area contributed by atoms with E-state index in [-0.39, 0.29) is 99.5 Å². The van der Waals surface area contributed by atoms with Gasteiger partial charge < -0.3 is 5.48 Å². The molecule has 0 rings (SSSR count). The van der Waals surface area contributed by atoms with Crippen LogP contribution in [-0.2, 0) is 22.4 Å². The first-order chi connectivity index (χ1) is 0. The van der Waals surface area contributed by atoms with Crippen LogP contribution in [0.15, 0.2) is 0 Å². The summed E-state index contributed by atoms with van der Waals surface area (Å²) in [5, 5.41) is 0. The molecule has 4 heavy (non-hydrogen) atoms. The van der Waals surface area contributed by atoms with E-state index in [1.807, 2.05) is 0 Å². The molecule has 0 heterocycles. The molecular weight excluding hydrogens is 494 g/mol. The maximum Gasteiger partial charge on any atom is 0 e. The van der Waals surface area contributed by atoms with Gasteiger partial charge in [-0.25, -0.2) is 0 Å². The first-order valence-electron chi connectivity index (χ1n) is 0. The van der Waals surface area contributed by atoms with Gasteiger partial charge in [0.1, 0.15) is 0 Å². The smallest absolute Gasteiger partial charge is 0 e. The summed E-state index contributed by atoms with van der Waals surface area (Å²) in [5.41, 5.74) is 0. The molecule has 0 aliphatic rings. The number of rotatable bonds is 0. The molecule has 1 radical (unpaired) electrons. The largest absolute Gasteiger partial charge is 0 e. The van der Waals surface area contributed by atoms with Gasteiger partial charge in [-0.1, -0.05) is 0 Å². The fourth-order valence-electron chi connectivity index (χ4n) is 0. The molecule has 0 aromatic carbocycles. The molecule has 23 valence electrons. The normalized spacial score (nSPS) is 0. The zero-order valence-corrected chi connectivity index (χ0v) is 16.2. The maximum absolute atomic E-state index is 0. The van der Waals surface area contributed by atoms with Gasteiger partial charge in [-0.05, 0) is 0 Å². The molecule has 0 unspecified atom stereocenters. The molecule has 0 aromatic rings. The van der Waals surface area contributed by atoms with Crippen molar-refractivity contribution >= 4 is 71.7 Å². The van der Waals surface area contributed by atoms with Gasteiger partial charge in [-0.15, -0.1) is 0 Å². The summed E-state index contributed by atoms with van der Waals surface area (Å²) in [7, 11) is 0. The minimum atomic E-state index is 0. The van der Waals surface area contributed by atoms with Crippen molar-refractivity contribution in [2.75, 3.05) is 0 Å². The van der Waals surface area contributed by atoms with Crippen LogP contribution in [0.5, 0.6) is 0 Å². The van der Waals surface area contributed by atoms with E-state index in [0.29, 0.717) is 0 Å². The van der Waals surface area contributed by atoms with Gasteiger partial charge in [0, 0.05) is 22.4 Å². The van der Waals surface area contributed by atoms with Crippen LogP contribution in [0.25, 0.3) is 0 Å². The average molecular weight is 499 g/mol.